The summed E-state index contributed by atoms with van der Waals surface area (Å²) in [7, 11) is 0. The van der Waals surface area contributed by atoms with Crippen LogP contribution in [-0.4, -0.2) is 22.0 Å². The Labute approximate surface area is 183 Å². The van der Waals surface area contributed by atoms with Gasteiger partial charge in [0.05, 0.1) is 22.1 Å². The van der Waals surface area contributed by atoms with E-state index in [1.165, 1.54) is 6.21 Å². The van der Waals surface area contributed by atoms with Crippen LogP contribution in [0.4, 0.5) is 11.4 Å². The molecule has 11 heteroatoms. The Morgan fingerprint density at radius 3 is 2.42 bits per heavy atom. The molecule has 0 saturated heterocycles. The third kappa shape index (κ3) is 5.70. The van der Waals surface area contributed by atoms with Gasteiger partial charge in [-0.05, 0) is 48.0 Å². The maximum atomic E-state index is 12.1. The molecule has 0 aliphatic heterocycles. The van der Waals surface area contributed by atoms with Gasteiger partial charge < -0.3 is 4.74 Å². The molecular weight excluding hydrogens is 472 g/mol. The number of hydrogen-bond donors (Lipinski definition) is 1. The Bertz CT molecular complexity index is 1180. The smallest absolute Gasteiger partial charge is 0.318 e. The molecule has 3 aromatic carbocycles. The van der Waals surface area contributed by atoms with Gasteiger partial charge in [0.1, 0.15) is 5.75 Å². The number of rotatable bonds is 7. The third-order valence-electron chi connectivity index (χ3n) is 3.92. The van der Waals surface area contributed by atoms with Crippen LogP contribution in [0.2, 0.25) is 0 Å². The lowest BCUT2D eigenvalue weighted by molar-refractivity contribution is -0.394. The predicted octanol–water partition coefficient (Wildman–Crippen LogP) is 4.82. The largest absolute Gasteiger partial charge is 0.450 e. The van der Waals surface area contributed by atoms with Crippen molar-refractivity contribution < 1.29 is 19.4 Å². The summed E-state index contributed by atoms with van der Waals surface area (Å²) in [5, 5.41) is 26.0. The van der Waals surface area contributed by atoms with Crippen molar-refractivity contribution in [3.63, 3.8) is 0 Å². The van der Waals surface area contributed by atoms with Crippen molar-refractivity contribution in [2.45, 2.75) is 0 Å². The number of hydrazone groups is 1. The van der Waals surface area contributed by atoms with E-state index in [0.29, 0.717) is 11.1 Å². The van der Waals surface area contributed by atoms with Gasteiger partial charge in [-0.15, -0.1) is 0 Å². The van der Waals surface area contributed by atoms with Crippen molar-refractivity contribution in [1.29, 1.82) is 0 Å². The van der Waals surface area contributed by atoms with Crippen molar-refractivity contribution in [2.24, 2.45) is 5.10 Å². The Kier molecular flexibility index (Phi) is 6.67. The number of benzene rings is 3. The van der Waals surface area contributed by atoms with Crippen molar-refractivity contribution >= 4 is 39.4 Å². The Hall–Kier alpha value is -4.12. The second kappa shape index (κ2) is 9.59. The molecule has 0 aliphatic rings. The molecular formula is C20H13BrN4O6. The SMILES string of the molecule is O=C(N/N=C/c1cccc(Oc2ccc([N+](=O)[O-])cc2[N+](=O)[O-])c1)c1ccc(Br)cc1. The molecule has 0 aliphatic carbocycles. The molecule has 31 heavy (non-hydrogen) atoms. The summed E-state index contributed by atoms with van der Waals surface area (Å²) < 4.78 is 6.38. The molecule has 0 bridgehead atoms. The van der Waals surface area contributed by atoms with Crippen LogP contribution in [-0.2, 0) is 0 Å². The zero-order valence-electron chi connectivity index (χ0n) is 15.6. The molecule has 0 fully saturated rings. The molecule has 3 aromatic rings. The van der Waals surface area contributed by atoms with Crippen molar-refractivity contribution in [1.82, 2.24) is 5.43 Å². The minimum atomic E-state index is -0.759. The minimum Gasteiger partial charge on any atom is -0.450 e. The van der Waals surface area contributed by atoms with Crippen LogP contribution in [0.5, 0.6) is 11.5 Å². The third-order valence-corrected chi connectivity index (χ3v) is 4.45. The number of hydrogen-bond acceptors (Lipinski definition) is 7. The molecule has 0 atom stereocenters. The van der Waals surface area contributed by atoms with E-state index >= 15 is 0 Å². The monoisotopic (exact) mass is 484 g/mol. The number of nitro groups is 2. The van der Waals surface area contributed by atoms with E-state index in [4.69, 9.17) is 4.74 Å². The summed E-state index contributed by atoms with van der Waals surface area (Å²) in [6.45, 7) is 0. The van der Waals surface area contributed by atoms with Crippen LogP contribution in [0.1, 0.15) is 15.9 Å². The molecule has 156 valence electrons. The van der Waals surface area contributed by atoms with E-state index in [2.05, 4.69) is 26.5 Å². The number of amides is 1. The van der Waals surface area contributed by atoms with Gasteiger partial charge in [-0.3, -0.25) is 25.0 Å². The van der Waals surface area contributed by atoms with E-state index in [0.717, 1.165) is 22.7 Å². The van der Waals surface area contributed by atoms with Crippen LogP contribution in [0, 0.1) is 20.2 Å². The topological polar surface area (TPSA) is 137 Å². The average Bonchev–Trinajstić information content (AvgIpc) is 2.74. The maximum Gasteiger partial charge on any atom is 0.318 e. The second-order valence-corrected chi connectivity index (χ2v) is 6.96. The van der Waals surface area contributed by atoms with Crippen LogP contribution in [0.15, 0.2) is 76.3 Å². The number of ether oxygens (including phenoxy) is 1. The van der Waals surface area contributed by atoms with Crippen molar-refractivity contribution in [3.05, 3.63) is 103 Å². The highest BCUT2D eigenvalue weighted by Crippen LogP contribution is 2.34. The number of carbonyl (C=O) groups is 1. The molecule has 1 N–H and O–H groups in total. The molecule has 1 amide bonds. The van der Waals surface area contributed by atoms with Crippen molar-refractivity contribution in [3.8, 4) is 11.5 Å². The maximum absolute atomic E-state index is 12.1. The molecule has 10 nitrogen and oxygen atoms in total. The summed E-state index contributed by atoms with van der Waals surface area (Å²) in [5.74, 6) is -0.286. The van der Waals surface area contributed by atoms with E-state index in [1.807, 2.05) is 0 Å². The number of halogens is 1. The highest BCUT2D eigenvalue weighted by molar-refractivity contribution is 9.10. The van der Waals surface area contributed by atoms with Gasteiger partial charge in [0.2, 0.25) is 5.75 Å². The fraction of sp³-hybridized carbons (Fsp3) is 0. The first-order valence-electron chi connectivity index (χ1n) is 8.63. The highest BCUT2D eigenvalue weighted by Gasteiger charge is 2.21. The summed E-state index contributed by atoms with van der Waals surface area (Å²) in [5.41, 5.74) is 2.44. The fourth-order valence-electron chi connectivity index (χ4n) is 2.46. The van der Waals surface area contributed by atoms with Gasteiger partial charge in [-0.1, -0.05) is 28.1 Å². The van der Waals surface area contributed by atoms with E-state index in [-0.39, 0.29) is 11.5 Å². The van der Waals surface area contributed by atoms with Gasteiger partial charge >= 0.3 is 5.69 Å². The first kappa shape index (κ1) is 21.6. The first-order chi connectivity index (χ1) is 14.8. The van der Waals surface area contributed by atoms with E-state index in [1.54, 1.807) is 48.5 Å². The summed E-state index contributed by atoms with van der Waals surface area (Å²) in [6, 6.07) is 16.3. The van der Waals surface area contributed by atoms with Gasteiger partial charge in [-0.25, -0.2) is 5.43 Å². The van der Waals surface area contributed by atoms with E-state index < -0.39 is 27.1 Å². The van der Waals surface area contributed by atoms with E-state index in [9.17, 15) is 25.0 Å². The average molecular weight is 485 g/mol. The van der Waals surface area contributed by atoms with Crippen LogP contribution in [0.3, 0.4) is 0 Å². The highest BCUT2D eigenvalue weighted by atomic mass is 79.9. The molecule has 0 aromatic heterocycles. The Morgan fingerprint density at radius 2 is 1.74 bits per heavy atom. The standard InChI is InChI=1S/C20H13BrN4O6/c21-15-6-4-14(5-7-15)20(26)23-22-12-13-2-1-3-17(10-13)31-19-9-8-16(24(27)28)11-18(19)25(29)30/h1-12H,(H,23,26)/b22-12+. The number of nitrogens with zero attached hydrogens (tertiary/aromatic N) is 3. The first-order valence-corrected chi connectivity index (χ1v) is 9.42. The zero-order valence-corrected chi connectivity index (χ0v) is 17.2. The molecule has 0 heterocycles. The van der Waals surface area contributed by atoms with Crippen LogP contribution < -0.4 is 10.2 Å². The number of non-ortho nitro benzene ring substituents is 1. The molecule has 0 radical (unpaired) electrons. The van der Waals surface area contributed by atoms with Crippen molar-refractivity contribution in [2.75, 3.05) is 0 Å². The molecule has 0 spiro atoms. The van der Waals surface area contributed by atoms with Gasteiger partial charge in [0, 0.05) is 16.1 Å². The van der Waals surface area contributed by atoms with Crippen LogP contribution in [0.25, 0.3) is 0 Å². The van der Waals surface area contributed by atoms with Gasteiger partial charge in [-0.2, -0.15) is 5.10 Å². The molecule has 0 saturated carbocycles. The van der Waals surface area contributed by atoms with Crippen LogP contribution >= 0.6 is 15.9 Å². The van der Waals surface area contributed by atoms with Gasteiger partial charge in [0.15, 0.2) is 0 Å². The predicted molar refractivity (Wildman–Crippen MR) is 115 cm³/mol. The number of carbonyl (C=O) groups excluding carboxylic acids is 1. The lowest BCUT2D eigenvalue weighted by atomic mass is 10.2. The quantitative estimate of drug-likeness (QED) is 0.289. The fourth-order valence-corrected chi connectivity index (χ4v) is 2.73. The van der Waals surface area contributed by atoms with Gasteiger partial charge in [0.25, 0.3) is 11.6 Å². The normalized spacial score (nSPS) is 10.6. The number of nitrogens with one attached hydrogen (secondary N) is 1. The Balaban J connectivity index is 1.72. The second-order valence-electron chi connectivity index (χ2n) is 6.05. The lowest BCUT2D eigenvalue weighted by Gasteiger charge is -2.07. The Morgan fingerprint density at radius 1 is 1.00 bits per heavy atom. The molecule has 0 unspecified atom stereocenters. The lowest BCUT2D eigenvalue weighted by Crippen LogP contribution is -2.17. The summed E-state index contributed by atoms with van der Waals surface area (Å²) in [6.07, 6.45) is 1.38. The zero-order chi connectivity index (χ0) is 22.4. The molecule has 3 rings (SSSR count). The summed E-state index contributed by atoms with van der Waals surface area (Å²) in [4.78, 5) is 32.6. The number of nitro benzene ring substituents is 2. The minimum absolute atomic E-state index is 0.145. The summed E-state index contributed by atoms with van der Waals surface area (Å²) >= 11 is 3.29.